The Balaban J connectivity index is 1.47. The number of rotatable bonds is 11. The number of thiazole rings is 1. The Bertz CT molecular complexity index is 1490. The van der Waals surface area contributed by atoms with Gasteiger partial charge in [0.05, 0.1) is 23.4 Å². The Kier molecular flexibility index (Phi) is 8.48. The van der Waals surface area contributed by atoms with E-state index in [2.05, 4.69) is 5.16 Å². The minimum Gasteiger partial charge on any atom is -0.492 e. The Morgan fingerprint density at radius 3 is 2.47 bits per heavy atom. The molecule has 1 heterocycles. The number of oxime groups is 1. The standard InChI is InChI=1S/C29H30N2O6S/c1-5-35-27(32)29(2,3)37-23-13-9-12-22(19-23)36-17-16-31-24-15-14-21(18-25(24)38-28(31)33)26(30-34-4)20-10-7-6-8-11-20/h6-15,18-19H,5,16-17H2,1-4H3/b30-26+. The number of carbonyl (C=O) groups excluding carboxylic acids is 1. The lowest BCUT2D eigenvalue weighted by Crippen LogP contribution is -2.39. The molecule has 0 unspecified atom stereocenters. The van der Waals surface area contributed by atoms with E-state index in [0.717, 1.165) is 21.3 Å². The summed E-state index contributed by atoms with van der Waals surface area (Å²) in [4.78, 5) is 29.9. The number of hydrogen-bond acceptors (Lipinski definition) is 8. The number of hydrogen-bond donors (Lipinski definition) is 0. The molecule has 1 aromatic heterocycles. The minimum atomic E-state index is -1.13. The quantitative estimate of drug-likeness (QED) is 0.148. The molecule has 0 bridgehead atoms. The Morgan fingerprint density at radius 2 is 1.74 bits per heavy atom. The molecule has 0 amide bonds. The van der Waals surface area contributed by atoms with Crippen molar-refractivity contribution >= 4 is 33.2 Å². The summed E-state index contributed by atoms with van der Waals surface area (Å²) in [5.41, 5.74) is 2.16. The number of benzene rings is 3. The highest BCUT2D eigenvalue weighted by molar-refractivity contribution is 7.16. The van der Waals surface area contributed by atoms with E-state index in [4.69, 9.17) is 19.0 Å². The van der Waals surface area contributed by atoms with Crippen molar-refractivity contribution in [2.45, 2.75) is 32.9 Å². The number of carbonyl (C=O) groups is 1. The van der Waals surface area contributed by atoms with Gasteiger partial charge in [0.15, 0.2) is 5.60 Å². The lowest BCUT2D eigenvalue weighted by molar-refractivity contribution is -0.158. The number of ether oxygens (including phenoxy) is 3. The van der Waals surface area contributed by atoms with Crippen molar-refractivity contribution in [3.05, 3.63) is 93.6 Å². The van der Waals surface area contributed by atoms with E-state index in [1.807, 2.05) is 48.5 Å². The first-order valence-corrected chi connectivity index (χ1v) is 13.0. The van der Waals surface area contributed by atoms with Crippen molar-refractivity contribution in [2.75, 3.05) is 20.3 Å². The molecule has 0 radical (unpaired) electrons. The van der Waals surface area contributed by atoms with Crippen LogP contribution in [0.25, 0.3) is 10.2 Å². The molecule has 8 nitrogen and oxygen atoms in total. The fourth-order valence-electron chi connectivity index (χ4n) is 3.91. The van der Waals surface area contributed by atoms with Gasteiger partial charge < -0.3 is 19.0 Å². The van der Waals surface area contributed by atoms with Gasteiger partial charge in [-0.15, -0.1) is 0 Å². The van der Waals surface area contributed by atoms with Crippen molar-refractivity contribution in [2.24, 2.45) is 5.16 Å². The SMILES string of the molecule is CCOC(=O)C(C)(C)Oc1cccc(OCCn2c(=O)sc3cc(/C(=N/OC)c4ccccc4)ccc32)c1. The third kappa shape index (κ3) is 6.23. The first kappa shape index (κ1) is 26.9. The number of fused-ring (bicyclic) bond motifs is 1. The van der Waals surface area contributed by atoms with Crippen LogP contribution in [-0.4, -0.2) is 42.2 Å². The molecular formula is C29H30N2O6S. The van der Waals surface area contributed by atoms with Gasteiger partial charge in [-0.05, 0) is 45.0 Å². The lowest BCUT2D eigenvalue weighted by atomic mass is 10.0. The molecule has 198 valence electrons. The summed E-state index contributed by atoms with van der Waals surface area (Å²) < 4.78 is 19.4. The predicted molar refractivity (Wildman–Crippen MR) is 148 cm³/mol. The number of nitrogens with zero attached hydrogens (tertiary/aromatic N) is 2. The molecule has 3 aromatic carbocycles. The Hall–Kier alpha value is -4.11. The summed E-state index contributed by atoms with van der Waals surface area (Å²) in [5.74, 6) is 0.612. The topological polar surface area (TPSA) is 88.4 Å². The summed E-state index contributed by atoms with van der Waals surface area (Å²) in [6.45, 7) is 5.99. The van der Waals surface area contributed by atoms with E-state index in [0.29, 0.717) is 23.8 Å². The smallest absolute Gasteiger partial charge is 0.349 e. The van der Waals surface area contributed by atoms with Crippen LogP contribution in [0.3, 0.4) is 0 Å². The summed E-state index contributed by atoms with van der Waals surface area (Å²) in [6, 6.07) is 22.6. The van der Waals surface area contributed by atoms with Crippen LogP contribution in [0.1, 0.15) is 31.9 Å². The van der Waals surface area contributed by atoms with E-state index in [1.54, 1.807) is 49.6 Å². The average molecular weight is 535 g/mol. The van der Waals surface area contributed by atoms with Crippen molar-refractivity contribution in [1.82, 2.24) is 4.57 Å². The van der Waals surface area contributed by atoms with Crippen molar-refractivity contribution in [3.8, 4) is 11.5 Å². The largest absolute Gasteiger partial charge is 0.492 e. The van der Waals surface area contributed by atoms with Crippen molar-refractivity contribution < 1.29 is 23.8 Å². The number of esters is 1. The average Bonchev–Trinajstić information content (AvgIpc) is 3.22. The molecule has 38 heavy (non-hydrogen) atoms. The van der Waals surface area contributed by atoms with Crippen LogP contribution in [0.15, 0.2) is 82.7 Å². The molecule has 9 heteroatoms. The Morgan fingerprint density at radius 1 is 0.974 bits per heavy atom. The molecule has 0 aliphatic carbocycles. The van der Waals surface area contributed by atoms with Crippen molar-refractivity contribution in [3.63, 3.8) is 0 Å². The monoisotopic (exact) mass is 534 g/mol. The molecular weight excluding hydrogens is 504 g/mol. The fourth-order valence-corrected chi connectivity index (χ4v) is 4.86. The first-order valence-electron chi connectivity index (χ1n) is 12.2. The van der Waals surface area contributed by atoms with Gasteiger partial charge >= 0.3 is 10.8 Å². The molecule has 0 saturated carbocycles. The molecule has 0 aliphatic rings. The first-order chi connectivity index (χ1) is 18.3. The third-order valence-corrected chi connectivity index (χ3v) is 6.64. The molecule has 0 spiro atoms. The summed E-state index contributed by atoms with van der Waals surface area (Å²) in [6.07, 6.45) is 0. The van der Waals surface area contributed by atoms with Gasteiger partial charge in [0.25, 0.3) is 0 Å². The highest BCUT2D eigenvalue weighted by atomic mass is 32.1. The lowest BCUT2D eigenvalue weighted by Gasteiger charge is -2.24. The van der Waals surface area contributed by atoms with Crippen LogP contribution in [0.4, 0.5) is 0 Å². The normalized spacial score (nSPS) is 11.8. The van der Waals surface area contributed by atoms with Gasteiger partial charge in [0.2, 0.25) is 0 Å². The van der Waals surface area contributed by atoms with Crippen LogP contribution < -0.4 is 14.3 Å². The highest BCUT2D eigenvalue weighted by Crippen LogP contribution is 2.25. The second kappa shape index (κ2) is 12.0. The summed E-state index contributed by atoms with van der Waals surface area (Å²) >= 11 is 1.18. The van der Waals surface area contributed by atoms with Gasteiger partial charge in [-0.1, -0.05) is 59.0 Å². The van der Waals surface area contributed by atoms with Crippen LogP contribution in [-0.2, 0) is 20.9 Å². The highest BCUT2D eigenvalue weighted by Gasteiger charge is 2.31. The summed E-state index contributed by atoms with van der Waals surface area (Å²) in [5, 5.41) is 4.21. The zero-order valence-corrected chi connectivity index (χ0v) is 22.6. The second-order valence-electron chi connectivity index (χ2n) is 8.85. The molecule has 0 atom stereocenters. The molecule has 0 N–H and O–H groups in total. The van der Waals surface area contributed by atoms with Crippen LogP contribution >= 0.6 is 11.3 Å². The number of aromatic nitrogens is 1. The predicted octanol–water partition coefficient (Wildman–Crippen LogP) is 5.26. The molecule has 4 rings (SSSR count). The van der Waals surface area contributed by atoms with E-state index in [1.165, 1.54) is 18.4 Å². The Labute approximate surface area is 225 Å². The van der Waals surface area contributed by atoms with Gasteiger partial charge in [0.1, 0.15) is 30.9 Å². The molecule has 4 aromatic rings. The minimum absolute atomic E-state index is 0.0704. The van der Waals surface area contributed by atoms with Gasteiger partial charge in [-0.25, -0.2) is 4.79 Å². The maximum absolute atomic E-state index is 12.8. The van der Waals surface area contributed by atoms with Crippen molar-refractivity contribution in [1.29, 1.82) is 0 Å². The summed E-state index contributed by atoms with van der Waals surface area (Å²) in [7, 11) is 1.51. The third-order valence-electron chi connectivity index (χ3n) is 5.70. The zero-order chi connectivity index (χ0) is 27.1. The van der Waals surface area contributed by atoms with Crippen LogP contribution in [0.2, 0.25) is 0 Å². The molecule has 0 fully saturated rings. The van der Waals surface area contributed by atoms with Gasteiger partial charge in [-0.3, -0.25) is 9.36 Å². The zero-order valence-electron chi connectivity index (χ0n) is 21.8. The maximum Gasteiger partial charge on any atom is 0.349 e. The fraction of sp³-hybridized carbons (Fsp3) is 0.276. The molecule has 0 aliphatic heterocycles. The van der Waals surface area contributed by atoms with E-state index in [-0.39, 0.29) is 18.1 Å². The van der Waals surface area contributed by atoms with Gasteiger partial charge in [-0.2, -0.15) is 0 Å². The molecule has 0 saturated heterocycles. The second-order valence-corrected chi connectivity index (χ2v) is 9.84. The van der Waals surface area contributed by atoms with E-state index < -0.39 is 11.6 Å². The van der Waals surface area contributed by atoms with Gasteiger partial charge in [0, 0.05) is 17.2 Å². The van der Waals surface area contributed by atoms with Crippen LogP contribution in [0.5, 0.6) is 11.5 Å². The maximum atomic E-state index is 12.8. The van der Waals surface area contributed by atoms with Crippen LogP contribution in [0, 0.1) is 0 Å². The van der Waals surface area contributed by atoms with E-state index >= 15 is 0 Å². The van der Waals surface area contributed by atoms with E-state index in [9.17, 15) is 9.59 Å².